The highest BCUT2D eigenvalue weighted by atomic mass is 35.5. The smallest absolute Gasteiger partial charge is 0.0655 e. The van der Waals surface area contributed by atoms with Crippen molar-refractivity contribution < 1.29 is 0 Å². The summed E-state index contributed by atoms with van der Waals surface area (Å²) in [6.07, 6.45) is 3.10. The van der Waals surface area contributed by atoms with Crippen molar-refractivity contribution in [1.82, 2.24) is 4.98 Å². The van der Waals surface area contributed by atoms with Crippen LogP contribution in [0.2, 0.25) is 10.0 Å². The average molecular weight is 259 g/mol. The molecule has 2 heterocycles. The van der Waals surface area contributed by atoms with Gasteiger partial charge in [-0.1, -0.05) is 23.2 Å². The molecule has 0 aliphatic rings. The Bertz CT molecular complexity index is 436. The number of nitrogens with zero attached hydrogens (tertiary/aromatic N) is 1. The van der Waals surface area contributed by atoms with Gasteiger partial charge < -0.3 is 5.73 Å². The third-order valence-corrected chi connectivity index (χ3v) is 3.41. The zero-order valence-corrected chi connectivity index (χ0v) is 9.98. The second-order valence-electron chi connectivity index (χ2n) is 3.05. The Kier molecular flexibility index (Phi) is 3.26. The maximum Gasteiger partial charge on any atom is 0.0655 e. The summed E-state index contributed by atoms with van der Waals surface area (Å²) >= 11 is 13.6. The van der Waals surface area contributed by atoms with Crippen molar-refractivity contribution in [1.29, 1.82) is 0 Å². The van der Waals surface area contributed by atoms with E-state index in [1.165, 1.54) is 0 Å². The highest BCUT2D eigenvalue weighted by molar-refractivity contribution is 7.08. The third-order valence-electron chi connectivity index (χ3n) is 2.10. The van der Waals surface area contributed by atoms with E-state index in [1.54, 1.807) is 23.7 Å². The standard InChI is InChI=1S/C10H8Cl2N2S/c11-7-3-14-4-8(12)9(7)10(13)6-1-2-15-5-6/h1-5,10H,13H2/t10-/m0/s1. The van der Waals surface area contributed by atoms with Gasteiger partial charge in [0.25, 0.3) is 0 Å². The molecule has 0 fully saturated rings. The van der Waals surface area contributed by atoms with Gasteiger partial charge in [0.15, 0.2) is 0 Å². The van der Waals surface area contributed by atoms with Crippen LogP contribution in [-0.4, -0.2) is 4.98 Å². The Balaban J connectivity index is 2.46. The van der Waals surface area contributed by atoms with E-state index in [9.17, 15) is 0 Å². The van der Waals surface area contributed by atoms with Gasteiger partial charge >= 0.3 is 0 Å². The van der Waals surface area contributed by atoms with Gasteiger partial charge in [-0.05, 0) is 22.4 Å². The number of nitrogens with two attached hydrogens (primary N) is 1. The number of thiophene rings is 1. The van der Waals surface area contributed by atoms with E-state index < -0.39 is 0 Å². The molecule has 2 N–H and O–H groups in total. The molecule has 0 radical (unpaired) electrons. The lowest BCUT2D eigenvalue weighted by molar-refractivity contribution is 0.873. The van der Waals surface area contributed by atoms with Gasteiger partial charge in [0, 0.05) is 18.0 Å². The van der Waals surface area contributed by atoms with E-state index in [1.807, 2.05) is 16.8 Å². The molecule has 2 nitrogen and oxygen atoms in total. The van der Waals surface area contributed by atoms with E-state index >= 15 is 0 Å². The maximum atomic E-state index is 6.07. The normalized spacial score (nSPS) is 12.7. The molecule has 78 valence electrons. The highest BCUT2D eigenvalue weighted by Crippen LogP contribution is 2.32. The molecule has 0 aliphatic carbocycles. The summed E-state index contributed by atoms with van der Waals surface area (Å²) < 4.78 is 0. The lowest BCUT2D eigenvalue weighted by atomic mass is 10.0. The van der Waals surface area contributed by atoms with Crippen LogP contribution in [0.5, 0.6) is 0 Å². The van der Waals surface area contributed by atoms with E-state index in [4.69, 9.17) is 28.9 Å². The number of pyridine rings is 1. The van der Waals surface area contributed by atoms with E-state index in [2.05, 4.69) is 4.98 Å². The third kappa shape index (κ3) is 2.16. The molecule has 0 aromatic carbocycles. The van der Waals surface area contributed by atoms with Gasteiger partial charge in [-0.15, -0.1) is 0 Å². The average Bonchev–Trinajstić information content (AvgIpc) is 2.69. The number of rotatable bonds is 2. The van der Waals surface area contributed by atoms with Crippen LogP contribution in [0, 0.1) is 0 Å². The molecule has 0 aliphatic heterocycles. The summed E-state index contributed by atoms with van der Waals surface area (Å²) in [5, 5.41) is 4.96. The second kappa shape index (κ2) is 4.49. The van der Waals surface area contributed by atoms with Crippen LogP contribution in [0.3, 0.4) is 0 Å². The van der Waals surface area contributed by atoms with E-state index in [0.717, 1.165) is 11.1 Å². The van der Waals surface area contributed by atoms with Gasteiger partial charge in [0.05, 0.1) is 16.1 Å². The van der Waals surface area contributed by atoms with Gasteiger partial charge in [-0.3, -0.25) is 4.98 Å². The minimum Gasteiger partial charge on any atom is -0.320 e. The molecule has 0 saturated heterocycles. The largest absolute Gasteiger partial charge is 0.320 e. The van der Waals surface area contributed by atoms with Crippen molar-refractivity contribution in [3.63, 3.8) is 0 Å². The fraction of sp³-hybridized carbons (Fsp3) is 0.100. The summed E-state index contributed by atoms with van der Waals surface area (Å²) in [7, 11) is 0. The molecule has 0 amide bonds. The fourth-order valence-electron chi connectivity index (χ4n) is 1.34. The van der Waals surface area contributed by atoms with Crippen LogP contribution < -0.4 is 5.73 Å². The Morgan fingerprint density at radius 3 is 2.47 bits per heavy atom. The Hall–Kier alpha value is -0.610. The van der Waals surface area contributed by atoms with Crippen LogP contribution in [-0.2, 0) is 0 Å². The minimum absolute atomic E-state index is 0.292. The summed E-state index contributed by atoms with van der Waals surface area (Å²) in [6.45, 7) is 0. The van der Waals surface area contributed by atoms with Crippen molar-refractivity contribution >= 4 is 34.5 Å². The van der Waals surface area contributed by atoms with Gasteiger partial charge in [-0.2, -0.15) is 11.3 Å². The molecular formula is C10H8Cl2N2S. The van der Waals surface area contributed by atoms with Crippen molar-refractivity contribution in [2.75, 3.05) is 0 Å². The molecule has 1 atom stereocenters. The molecule has 0 spiro atoms. The minimum atomic E-state index is -0.292. The summed E-state index contributed by atoms with van der Waals surface area (Å²) in [4.78, 5) is 3.89. The SMILES string of the molecule is N[C@@H](c1ccsc1)c1c(Cl)cncc1Cl. The zero-order valence-electron chi connectivity index (χ0n) is 7.65. The van der Waals surface area contributed by atoms with Crippen molar-refractivity contribution in [2.24, 2.45) is 5.73 Å². The number of halogens is 2. The first-order valence-electron chi connectivity index (χ1n) is 4.26. The molecule has 0 unspecified atom stereocenters. The summed E-state index contributed by atoms with van der Waals surface area (Å²) in [5.41, 5.74) is 7.81. The quantitative estimate of drug-likeness (QED) is 0.896. The Morgan fingerprint density at radius 1 is 1.27 bits per heavy atom. The Morgan fingerprint density at radius 2 is 1.93 bits per heavy atom. The first-order valence-corrected chi connectivity index (χ1v) is 5.96. The first-order chi connectivity index (χ1) is 7.20. The van der Waals surface area contributed by atoms with Gasteiger partial charge in [0.1, 0.15) is 0 Å². The van der Waals surface area contributed by atoms with Crippen LogP contribution in [0.25, 0.3) is 0 Å². The molecule has 5 heteroatoms. The van der Waals surface area contributed by atoms with Crippen molar-refractivity contribution in [3.8, 4) is 0 Å². The number of hydrogen-bond donors (Lipinski definition) is 1. The fourth-order valence-corrected chi connectivity index (χ4v) is 2.63. The lowest BCUT2D eigenvalue weighted by Gasteiger charge is -2.13. The molecule has 0 saturated carbocycles. The summed E-state index contributed by atoms with van der Waals surface area (Å²) in [6, 6.07) is 1.67. The van der Waals surface area contributed by atoms with Crippen LogP contribution in [0.15, 0.2) is 29.2 Å². The maximum absolute atomic E-state index is 6.07. The van der Waals surface area contributed by atoms with E-state index in [-0.39, 0.29) is 6.04 Å². The number of aromatic nitrogens is 1. The van der Waals surface area contributed by atoms with Crippen molar-refractivity contribution in [3.05, 3.63) is 50.4 Å². The Labute approximate surface area is 102 Å². The second-order valence-corrected chi connectivity index (χ2v) is 4.65. The first kappa shape index (κ1) is 10.9. The molecule has 15 heavy (non-hydrogen) atoms. The highest BCUT2D eigenvalue weighted by Gasteiger charge is 2.16. The lowest BCUT2D eigenvalue weighted by Crippen LogP contribution is -2.12. The molecular weight excluding hydrogens is 251 g/mol. The van der Waals surface area contributed by atoms with Gasteiger partial charge in [-0.25, -0.2) is 0 Å². The van der Waals surface area contributed by atoms with Crippen molar-refractivity contribution in [2.45, 2.75) is 6.04 Å². The van der Waals surface area contributed by atoms with E-state index in [0.29, 0.717) is 10.0 Å². The summed E-state index contributed by atoms with van der Waals surface area (Å²) in [5.74, 6) is 0. The van der Waals surface area contributed by atoms with Crippen LogP contribution >= 0.6 is 34.5 Å². The predicted octanol–water partition coefficient (Wildman–Crippen LogP) is 3.50. The van der Waals surface area contributed by atoms with Crippen LogP contribution in [0.4, 0.5) is 0 Å². The topological polar surface area (TPSA) is 38.9 Å². The molecule has 2 rings (SSSR count). The zero-order chi connectivity index (χ0) is 10.8. The van der Waals surface area contributed by atoms with Crippen LogP contribution in [0.1, 0.15) is 17.2 Å². The predicted molar refractivity (Wildman–Crippen MR) is 64.6 cm³/mol. The van der Waals surface area contributed by atoms with Gasteiger partial charge in [0.2, 0.25) is 0 Å². The molecule has 2 aromatic rings. The molecule has 0 bridgehead atoms. The monoisotopic (exact) mass is 258 g/mol. The molecule has 2 aromatic heterocycles. The number of hydrogen-bond acceptors (Lipinski definition) is 3.